The topological polar surface area (TPSA) is 72.5 Å². The van der Waals surface area contributed by atoms with Crippen molar-refractivity contribution in [1.29, 1.82) is 0 Å². The summed E-state index contributed by atoms with van der Waals surface area (Å²) >= 11 is 0. The van der Waals surface area contributed by atoms with Crippen molar-refractivity contribution in [3.8, 4) is 0 Å². The average Bonchev–Trinajstić information content (AvgIpc) is 2.25. The second kappa shape index (κ2) is 7.96. The number of carbonyl (C=O) groups is 3. The lowest BCUT2D eigenvalue weighted by atomic mass is 10.2. The predicted octanol–water partition coefficient (Wildman–Crippen LogP) is 0.423. The zero-order valence-electron chi connectivity index (χ0n) is 9.12. The number of amides is 1. The van der Waals surface area contributed by atoms with Crippen LogP contribution in [0.1, 0.15) is 32.6 Å². The van der Waals surface area contributed by atoms with Gasteiger partial charge in [-0.3, -0.25) is 9.59 Å². The Morgan fingerprint density at radius 2 is 2.13 bits per heavy atom. The van der Waals surface area contributed by atoms with Crippen LogP contribution < -0.4 is 5.32 Å². The molecule has 5 heteroatoms. The van der Waals surface area contributed by atoms with Crippen LogP contribution in [0.4, 0.5) is 0 Å². The van der Waals surface area contributed by atoms with Crippen LogP contribution in [-0.4, -0.2) is 31.3 Å². The number of carbonyl (C=O) groups excluding carboxylic acids is 3. The molecule has 0 aromatic carbocycles. The largest absolute Gasteiger partial charge is 0.469 e. The molecule has 1 N–H and O–H groups in total. The number of aldehydes is 1. The minimum Gasteiger partial charge on any atom is -0.469 e. The van der Waals surface area contributed by atoms with Crippen molar-refractivity contribution in [3.63, 3.8) is 0 Å². The third kappa shape index (κ3) is 6.65. The van der Waals surface area contributed by atoms with Gasteiger partial charge in [0, 0.05) is 6.42 Å². The maximum absolute atomic E-state index is 11.2. The first-order chi connectivity index (χ1) is 7.13. The molecule has 86 valence electrons. The highest BCUT2D eigenvalue weighted by Gasteiger charge is 2.15. The smallest absolute Gasteiger partial charge is 0.308 e. The van der Waals surface area contributed by atoms with E-state index in [2.05, 4.69) is 10.1 Å². The molecule has 0 fully saturated rings. The predicted molar refractivity (Wildman–Crippen MR) is 54.2 cm³/mol. The minimum absolute atomic E-state index is 0.113. The molecule has 0 saturated heterocycles. The first-order valence-electron chi connectivity index (χ1n) is 4.95. The van der Waals surface area contributed by atoms with Crippen LogP contribution in [0.15, 0.2) is 0 Å². The molecule has 0 radical (unpaired) electrons. The molecule has 0 spiro atoms. The zero-order chi connectivity index (χ0) is 11.7. The van der Waals surface area contributed by atoms with Crippen molar-refractivity contribution in [1.82, 2.24) is 5.32 Å². The van der Waals surface area contributed by atoms with Crippen LogP contribution in [0.25, 0.3) is 0 Å². The van der Waals surface area contributed by atoms with Crippen LogP contribution in [0, 0.1) is 0 Å². The molecule has 5 nitrogen and oxygen atoms in total. The van der Waals surface area contributed by atoms with Gasteiger partial charge in [-0.05, 0) is 6.42 Å². The molecule has 1 amide bonds. The summed E-state index contributed by atoms with van der Waals surface area (Å²) in [5, 5.41) is 2.46. The number of rotatable bonds is 7. The van der Waals surface area contributed by atoms with Gasteiger partial charge >= 0.3 is 5.97 Å². The molecule has 0 bridgehead atoms. The fraction of sp³-hybridized carbons (Fsp3) is 0.700. The van der Waals surface area contributed by atoms with E-state index in [1.807, 2.05) is 6.92 Å². The molecular weight excluding hydrogens is 198 g/mol. The van der Waals surface area contributed by atoms with E-state index < -0.39 is 12.0 Å². The van der Waals surface area contributed by atoms with Gasteiger partial charge in [-0.2, -0.15) is 0 Å². The van der Waals surface area contributed by atoms with Gasteiger partial charge in [0.15, 0.2) is 0 Å². The number of methoxy groups -OCH3 is 1. The lowest BCUT2D eigenvalue weighted by molar-refractivity contribution is -0.142. The lowest BCUT2D eigenvalue weighted by Crippen LogP contribution is -2.37. The molecule has 0 saturated carbocycles. The lowest BCUT2D eigenvalue weighted by Gasteiger charge is -2.10. The second-order valence-electron chi connectivity index (χ2n) is 3.19. The first-order valence-corrected chi connectivity index (χ1v) is 4.95. The summed E-state index contributed by atoms with van der Waals surface area (Å²) in [7, 11) is 1.24. The second-order valence-corrected chi connectivity index (χ2v) is 3.19. The van der Waals surface area contributed by atoms with Gasteiger partial charge in [0.1, 0.15) is 6.29 Å². The van der Waals surface area contributed by atoms with Gasteiger partial charge in [-0.25, -0.2) is 0 Å². The number of esters is 1. The Kier molecular flexibility index (Phi) is 7.23. The maximum Gasteiger partial charge on any atom is 0.308 e. The van der Waals surface area contributed by atoms with Gasteiger partial charge in [-0.1, -0.05) is 13.3 Å². The van der Waals surface area contributed by atoms with E-state index in [1.165, 1.54) is 7.11 Å². The van der Waals surface area contributed by atoms with E-state index in [4.69, 9.17) is 0 Å². The Bertz CT molecular complexity index is 227. The number of nitrogens with one attached hydrogen (secondary N) is 1. The SMILES string of the molecule is CCCCC(=O)NC(C=O)CC(=O)OC. The molecular formula is C10H17NO4. The molecule has 0 rings (SSSR count). The summed E-state index contributed by atoms with van der Waals surface area (Å²) in [6.07, 6.45) is 2.49. The quantitative estimate of drug-likeness (QED) is 0.493. The van der Waals surface area contributed by atoms with Crippen LogP contribution in [0.2, 0.25) is 0 Å². The molecule has 0 aliphatic rings. The van der Waals surface area contributed by atoms with E-state index in [-0.39, 0.29) is 12.3 Å². The van der Waals surface area contributed by atoms with Gasteiger partial charge in [0.2, 0.25) is 5.91 Å². The Morgan fingerprint density at radius 3 is 2.60 bits per heavy atom. The van der Waals surface area contributed by atoms with E-state index in [0.717, 1.165) is 12.8 Å². The molecule has 0 aromatic rings. The molecule has 0 aromatic heterocycles. The number of hydrogen-bond donors (Lipinski definition) is 1. The molecule has 1 atom stereocenters. The van der Waals surface area contributed by atoms with E-state index in [1.54, 1.807) is 0 Å². The molecule has 0 aliphatic heterocycles. The fourth-order valence-corrected chi connectivity index (χ4v) is 1.01. The normalized spacial score (nSPS) is 11.6. The summed E-state index contributed by atoms with van der Waals surface area (Å²) < 4.78 is 4.40. The highest BCUT2D eigenvalue weighted by atomic mass is 16.5. The first kappa shape index (κ1) is 13.6. The van der Waals surface area contributed by atoms with Crippen molar-refractivity contribution >= 4 is 18.2 Å². The van der Waals surface area contributed by atoms with Crippen molar-refractivity contribution < 1.29 is 19.1 Å². The summed E-state index contributed by atoms with van der Waals surface area (Å²) in [4.78, 5) is 32.6. The highest BCUT2D eigenvalue weighted by molar-refractivity contribution is 5.82. The van der Waals surface area contributed by atoms with Crippen LogP contribution in [0.3, 0.4) is 0 Å². The van der Waals surface area contributed by atoms with Crippen LogP contribution in [-0.2, 0) is 19.1 Å². The van der Waals surface area contributed by atoms with Gasteiger partial charge in [0.05, 0.1) is 19.6 Å². The van der Waals surface area contributed by atoms with Gasteiger partial charge in [-0.15, -0.1) is 0 Å². The number of ether oxygens (including phenoxy) is 1. The van der Waals surface area contributed by atoms with Crippen LogP contribution in [0.5, 0.6) is 0 Å². The molecule has 1 unspecified atom stereocenters. The van der Waals surface area contributed by atoms with Crippen molar-refractivity contribution in [3.05, 3.63) is 0 Å². The third-order valence-corrected chi connectivity index (χ3v) is 1.88. The Morgan fingerprint density at radius 1 is 1.47 bits per heavy atom. The van der Waals surface area contributed by atoms with E-state index >= 15 is 0 Å². The summed E-state index contributed by atoms with van der Waals surface area (Å²) in [5.41, 5.74) is 0. The average molecular weight is 215 g/mol. The maximum atomic E-state index is 11.2. The summed E-state index contributed by atoms with van der Waals surface area (Å²) in [6, 6.07) is -0.776. The van der Waals surface area contributed by atoms with Crippen molar-refractivity contribution in [2.45, 2.75) is 38.6 Å². The van der Waals surface area contributed by atoms with Crippen molar-refractivity contribution in [2.75, 3.05) is 7.11 Å². The van der Waals surface area contributed by atoms with E-state index in [0.29, 0.717) is 12.7 Å². The summed E-state index contributed by atoms with van der Waals surface area (Å²) in [6.45, 7) is 1.97. The van der Waals surface area contributed by atoms with E-state index in [9.17, 15) is 14.4 Å². The summed E-state index contributed by atoms with van der Waals surface area (Å²) in [5.74, 6) is -0.722. The fourth-order valence-electron chi connectivity index (χ4n) is 1.01. The van der Waals surface area contributed by atoms with Gasteiger partial charge < -0.3 is 14.8 Å². The number of unbranched alkanes of at least 4 members (excludes halogenated alkanes) is 1. The monoisotopic (exact) mass is 215 g/mol. The van der Waals surface area contributed by atoms with Crippen molar-refractivity contribution in [2.24, 2.45) is 0 Å². The number of hydrogen-bond acceptors (Lipinski definition) is 4. The third-order valence-electron chi connectivity index (χ3n) is 1.88. The Labute approximate surface area is 89.2 Å². The van der Waals surface area contributed by atoms with Gasteiger partial charge in [0.25, 0.3) is 0 Å². The minimum atomic E-state index is -0.776. The Balaban J connectivity index is 3.92. The van der Waals surface area contributed by atoms with Crippen LogP contribution >= 0.6 is 0 Å². The standard InChI is InChI=1S/C10H17NO4/c1-3-4-5-9(13)11-8(7-12)6-10(14)15-2/h7-8H,3-6H2,1-2H3,(H,11,13). The zero-order valence-corrected chi connectivity index (χ0v) is 9.12. The molecule has 15 heavy (non-hydrogen) atoms. The molecule has 0 aliphatic carbocycles. The molecule has 0 heterocycles. The Hall–Kier alpha value is -1.39. The highest BCUT2D eigenvalue weighted by Crippen LogP contribution is 1.96.